The van der Waals surface area contributed by atoms with Gasteiger partial charge >= 0.3 is 0 Å². The average molecular weight is 282 g/mol. The molecule has 0 unspecified atom stereocenters. The lowest BCUT2D eigenvalue weighted by atomic mass is 10.1. The highest BCUT2D eigenvalue weighted by Gasteiger charge is 2.21. The van der Waals surface area contributed by atoms with Gasteiger partial charge in [-0.2, -0.15) is 0 Å². The van der Waals surface area contributed by atoms with Crippen LogP contribution in [-0.4, -0.2) is 36.1 Å². The summed E-state index contributed by atoms with van der Waals surface area (Å²) in [5, 5.41) is 0. The molecule has 3 nitrogen and oxygen atoms in total. The van der Waals surface area contributed by atoms with Crippen molar-refractivity contribution in [3.63, 3.8) is 0 Å². The number of hydrogen-bond acceptors (Lipinski definition) is 3. The summed E-state index contributed by atoms with van der Waals surface area (Å²) < 4.78 is 5.88. The van der Waals surface area contributed by atoms with E-state index in [-0.39, 0.29) is 6.10 Å². The van der Waals surface area contributed by atoms with Gasteiger partial charge in [-0.05, 0) is 31.0 Å². The van der Waals surface area contributed by atoms with Gasteiger partial charge in [-0.25, -0.2) is 0 Å². The first-order valence-corrected chi connectivity index (χ1v) is 7.69. The van der Waals surface area contributed by atoms with E-state index in [0.717, 1.165) is 32.7 Å². The molecule has 3 rings (SSSR count). The Balaban J connectivity index is 1.48. The van der Waals surface area contributed by atoms with E-state index in [9.17, 15) is 0 Å². The maximum absolute atomic E-state index is 5.88. The first-order valence-electron chi connectivity index (χ1n) is 7.69. The zero-order valence-corrected chi connectivity index (χ0v) is 12.3. The fraction of sp³-hybridized carbons (Fsp3) is 0.389. The van der Waals surface area contributed by atoms with E-state index in [1.165, 1.54) is 17.5 Å². The summed E-state index contributed by atoms with van der Waals surface area (Å²) in [7, 11) is 0. The largest absolute Gasteiger partial charge is 0.371 e. The van der Waals surface area contributed by atoms with Crippen molar-refractivity contribution in [3.05, 3.63) is 66.0 Å². The van der Waals surface area contributed by atoms with Crippen LogP contribution in [0.3, 0.4) is 0 Å². The number of pyridine rings is 1. The van der Waals surface area contributed by atoms with Crippen molar-refractivity contribution in [2.24, 2.45) is 0 Å². The highest BCUT2D eigenvalue weighted by Crippen LogP contribution is 2.21. The van der Waals surface area contributed by atoms with E-state index in [0.29, 0.717) is 0 Å². The van der Waals surface area contributed by atoms with Gasteiger partial charge in [0.05, 0.1) is 12.7 Å². The van der Waals surface area contributed by atoms with Gasteiger partial charge in [-0.15, -0.1) is 0 Å². The van der Waals surface area contributed by atoms with Gasteiger partial charge < -0.3 is 4.74 Å². The third-order valence-electron chi connectivity index (χ3n) is 3.99. The van der Waals surface area contributed by atoms with Crippen molar-refractivity contribution >= 4 is 0 Å². The second kappa shape index (κ2) is 7.34. The van der Waals surface area contributed by atoms with E-state index < -0.39 is 0 Å². The lowest BCUT2D eigenvalue weighted by Gasteiger charge is -2.33. The number of ether oxygens (including phenoxy) is 1. The molecule has 110 valence electrons. The van der Waals surface area contributed by atoms with Crippen LogP contribution in [0.2, 0.25) is 0 Å². The zero-order chi connectivity index (χ0) is 14.3. The Labute approximate surface area is 126 Å². The van der Waals surface area contributed by atoms with Gasteiger partial charge in [0.1, 0.15) is 0 Å². The van der Waals surface area contributed by atoms with Gasteiger partial charge in [0.2, 0.25) is 0 Å². The minimum Gasteiger partial charge on any atom is -0.371 e. The number of nitrogens with zero attached hydrogens (tertiary/aromatic N) is 2. The Hall–Kier alpha value is -1.71. The SMILES string of the molecule is c1ccc(CCCN2CCO[C@H](c3cccnc3)C2)cc1. The third-order valence-corrected chi connectivity index (χ3v) is 3.99. The molecular formula is C18H22N2O. The smallest absolute Gasteiger partial charge is 0.0967 e. The van der Waals surface area contributed by atoms with Gasteiger partial charge in [-0.3, -0.25) is 9.88 Å². The fourth-order valence-electron chi connectivity index (χ4n) is 2.83. The van der Waals surface area contributed by atoms with Crippen LogP contribution in [0.1, 0.15) is 23.7 Å². The second-order valence-electron chi connectivity index (χ2n) is 5.54. The summed E-state index contributed by atoms with van der Waals surface area (Å²) in [6.45, 7) is 3.95. The Kier molecular flexibility index (Phi) is 4.98. The summed E-state index contributed by atoms with van der Waals surface area (Å²) in [5.74, 6) is 0. The van der Waals surface area contributed by atoms with Crippen molar-refractivity contribution in [1.29, 1.82) is 0 Å². The number of hydrogen-bond donors (Lipinski definition) is 0. The molecule has 1 aliphatic rings. The molecule has 1 fully saturated rings. The third kappa shape index (κ3) is 4.13. The minimum absolute atomic E-state index is 0.171. The molecule has 1 saturated heterocycles. The van der Waals surface area contributed by atoms with Crippen LogP contribution in [0, 0.1) is 0 Å². The molecule has 1 atom stereocenters. The molecule has 0 bridgehead atoms. The fourth-order valence-corrected chi connectivity index (χ4v) is 2.83. The molecule has 2 heterocycles. The van der Waals surface area contributed by atoms with Crippen molar-refractivity contribution in [2.75, 3.05) is 26.2 Å². The molecule has 0 amide bonds. The molecular weight excluding hydrogens is 260 g/mol. The molecule has 0 aliphatic carbocycles. The molecule has 3 heteroatoms. The van der Waals surface area contributed by atoms with Crippen molar-refractivity contribution < 1.29 is 4.74 Å². The van der Waals surface area contributed by atoms with Crippen LogP contribution < -0.4 is 0 Å². The summed E-state index contributed by atoms with van der Waals surface area (Å²) in [4.78, 5) is 6.69. The molecule has 0 radical (unpaired) electrons. The Morgan fingerprint density at radius 3 is 2.86 bits per heavy atom. The Morgan fingerprint density at radius 2 is 2.05 bits per heavy atom. The predicted molar refractivity (Wildman–Crippen MR) is 84.1 cm³/mol. The van der Waals surface area contributed by atoms with Gasteiger partial charge in [0.15, 0.2) is 0 Å². The van der Waals surface area contributed by atoms with Crippen LogP contribution in [0.5, 0.6) is 0 Å². The molecule has 2 aromatic rings. The average Bonchev–Trinajstić information content (AvgIpc) is 2.57. The summed E-state index contributed by atoms with van der Waals surface area (Å²) in [6, 6.07) is 14.8. The summed E-state index contributed by atoms with van der Waals surface area (Å²) in [6.07, 6.45) is 6.24. The lowest BCUT2D eigenvalue weighted by Crippen LogP contribution is -2.39. The first-order chi connectivity index (χ1) is 10.4. The van der Waals surface area contributed by atoms with Crippen LogP contribution in [0.25, 0.3) is 0 Å². The topological polar surface area (TPSA) is 25.4 Å². The highest BCUT2D eigenvalue weighted by atomic mass is 16.5. The summed E-state index contributed by atoms with van der Waals surface area (Å²) >= 11 is 0. The molecule has 21 heavy (non-hydrogen) atoms. The summed E-state index contributed by atoms with van der Waals surface area (Å²) in [5.41, 5.74) is 2.61. The molecule has 0 saturated carbocycles. The molecule has 1 aromatic carbocycles. The minimum atomic E-state index is 0.171. The predicted octanol–water partition coefficient (Wildman–Crippen LogP) is 3.09. The van der Waals surface area contributed by atoms with Crippen molar-refractivity contribution in [1.82, 2.24) is 9.88 Å². The lowest BCUT2D eigenvalue weighted by molar-refractivity contribution is -0.0303. The number of rotatable bonds is 5. The van der Waals surface area contributed by atoms with E-state index in [4.69, 9.17) is 4.74 Å². The maximum Gasteiger partial charge on any atom is 0.0967 e. The Morgan fingerprint density at radius 1 is 1.14 bits per heavy atom. The van der Waals surface area contributed by atoms with Crippen LogP contribution in [0.4, 0.5) is 0 Å². The first kappa shape index (κ1) is 14.2. The molecule has 1 aliphatic heterocycles. The van der Waals surface area contributed by atoms with Crippen LogP contribution in [0.15, 0.2) is 54.9 Å². The van der Waals surface area contributed by atoms with Crippen molar-refractivity contribution in [3.8, 4) is 0 Å². The molecule has 1 aromatic heterocycles. The normalized spacial score (nSPS) is 19.5. The van der Waals surface area contributed by atoms with Crippen molar-refractivity contribution in [2.45, 2.75) is 18.9 Å². The number of morpholine rings is 1. The second-order valence-corrected chi connectivity index (χ2v) is 5.54. The number of aromatic nitrogens is 1. The van der Waals surface area contributed by atoms with Crippen LogP contribution in [-0.2, 0) is 11.2 Å². The molecule has 0 N–H and O–H groups in total. The monoisotopic (exact) mass is 282 g/mol. The highest BCUT2D eigenvalue weighted by molar-refractivity contribution is 5.15. The van der Waals surface area contributed by atoms with E-state index >= 15 is 0 Å². The van der Waals surface area contributed by atoms with Gasteiger partial charge in [-0.1, -0.05) is 36.4 Å². The zero-order valence-electron chi connectivity index (χ0n) is 12.3. The van der Waals surface area contributed by atoms with E-state index in [1.54, 1.807) is 0 Å². The quantitative estimate of drug-likeness (QED) is 0.842. The molecule has 0 spiro atoms. The van der Waals surface area contributed by atoms with E-state index in [2.05, 4.69) is 46.3 Å². The van der Waals surface area contributed by atoms with Gasteiger partial charge in [0, 0.05) is 31.0 Å². The maximum atomic E-state index is 5.88. The van der Waals surface area contributed by atoms with E-state index in [1.807, 2.05) is 18.5 Å². The standard InChI is InChI=1S/C18H22N2O/c1-2-6-16(7-3-1)8-5-11-20-12-13-21-18(15-20)17-9-4-10-19-14-17/h1-4,6-7,9-10,14,18H,5,8,11-13,15H2/t18-/m0/s1. The van der Waals surface area contributed by atoms with Crippen LogP contribution >= 0.6 is 0 Å². The Bertz CT molecular complexity index is 529. The number of aryl methyl sites for hydroxylation is 1. The number of benzene rings is 1. The van der Waals surface area contributed by atoms with Gasteiger partial charge in [0.25, 0.3) is 0 Å².